The highest BCUT2D eigenvalue weighted by atomic mass is 35.5. The molecule has 2 bridgehead atoms. The quantitative estimate of drug-likeness (QED) is 0.241. The van der Waals surface area contributed by atoms with Gasteiger partial charge in [-0.05, 0) is 55.9 Å². The number of aliphatic hydroxyl groups excluding tert-OH is 1. The first-order valence-electron chi connectivity index (χ1n) is 12.9. The number of carbonyl (C=O) groups excluding carboxylic acids is 3. The van der Waals surface area contributed by atoms with Crippen LogP contribution in [0.25, 0.3) is 0 Å². The number of benzene rings is 1. The van der Waals surface area contributed by atoms with Gasteiger partial charge in [0.25, 0.3) is 5.91 Å². The number of carbonyl (C=O) groups is 3. The zero-order valence-electron chi connectivity index (χ0n) is 21.2. The first kappa shape index (κ1) is 27.7. The van der Waals surface area contributed by atoms with Gasteiger partial charge >= 0.3 is 5.97 Å². The van der Waals surface area contributed by atoms with Crippen LogP contribution in [0.4, 0.5) is 5.69 Å². The molecule has 1 N–H and O–H groups in total. The van der Waals surface area contributed by atoms with Crippen molar-refractivity contribution in [2.75, 3.05) is 31.2 Å². The average Bonchev–Trinajstić information content (AvgIpc) is 3.47. The van der Waals surface area contributed by atoms with Gasteiger partial charge in [0.1, 0.15) is 6.04 Å². The van der Waals surface area contributed by atoms with Crippen LogP contribution in [0.15, 0.2) is 49.6 Å². The standard InChI is InChI=1S/C28H35ClN2O5S/c1-4-6-7-16-36-27(35)22-21-17-18(3)28(37-21)23(22)25(33)31(14-8-15-32)24(28)26(34)30(13-5-2)20-11-9-19(29)10-12-20/h4-5,9-12,18,21-24,32H,1-2,6-8,13-17H2,3H3/t18?,21-,22+,23+,24?,28?/m1/s1. The van der Waals surface area contributed by atoms with Crippen LogP contribution in [-0.4, -0.2) is 70.1 Å². The largest absolute Gasteiger partial charge is 0.465 e. The van der Waals surface area contributed by atoms with Crippen molar-refractivity contribution in [2.24, 2.45) is 17.8 Å². The van der Waals surface area contributed by atoms with Crippen molar-refractivity contribution >= 4 is 46.8 Å². The predicted octanol–water partition coefficient (Wildman–Crippen LogP) is 4.09. The fraction of sp³-hybridized carbons (Fsp3) is 0.536. The normalized spacial score (nSPS) is 29.8. The topological polar surface area (TPSA) is 87.1 Å². The number of hydrogen-bond acceptors (Lipinski definition) is 6. The first-order chi connectivity index (χ1) is 17.8. The third-order valence-corrected chi connectivity index (χ3v) is 10.1. The third kappa shape index (κ3) is 4.84. The molecule has 7 nitrogen and oxygen atoms in total. The molecule has 3 aliphatic rings. The monoisotopic (exact) mass is 546 g/mol. The minimum absolute atomic E-state index is 0.0464. The van der Waals surface area contributed by atoms with E-state index in [0.29, 0.717) is 23.6 Å². The van der Waals surface area contributed by atoms with E-state index >= 15 is 0 Å². The van der Waals surface area contributed by atoms with E-state index in [1.165, 1.54) is 0 Å². The number of likely N-dealkylation sites (tertiary alicyclic amines) is 1. The van der Waals surface area contributed by atoms with Gasteiger partial charge in [-0.3, -0.25) is 14.4 Å². The third-order valence-electron chi connectivity index (χ3n) is 7.82. The molecule has 6 atom stereocenters. The fourth-order valence-electron chi connectivity index (χ4n) is 6.27. The Balaban J connectivity index is 1.71. The van der Waals surface area contributed by atoms with Crippen LogP contribution in [0.5, 0.6) is 0 Å². The number of anilines is 1. The Kier molecular flexibility index (Phi) is 8.71. The number of thioether (sulfide) groups is 1. The minimum atomic E-state index is -0.768. The maximum absolute atomic E-state index is 14.4. The van der Waals surface area contributed by atoms with Crippen molar-refractivity contribution in [1.82, 2.24) is 4.90 Å². The molecule has 37 heavy (non-hydrogen) atoms. The summed E-state index contributed by atoms with van der Waals surface area (Å²) in [6, 6.07) is 6.24. The predicted molar refractivity (Wildman–Crippen MR) is 146 cm³/mol. The average molecular weight is 547 g/mol. The van der Waals surface area contributed by atoms with Crippen LogP contribution in [0.1, 0.15) is 32.6 Å². The Labute approximate surface area is 227 Å². The van der Waals surface area contributed by atoms with Crippen LogP contribution in [0.3, 0.4) is 0 Å². The Morgan fingerprint density at radius 2 is 2.00 bits per heavy atom. The molecule has 0 aromatic heterocycles. The van der Waals surface area contributed by atoms with E-state index < -0.39 is 22.6 Å². The summed E-state index contributed by atoms with van der Waals surface area (Å²) in [6.07, 6.45) is 5.95. The second-order valence-corrected chi connectivity index (χ2v) is 12.0. The van der Waals surface area contributed by atoms with E-state index in [9.17, 15) is 19.5 Å². The van der Waals surface area contributed by atoms with Crippen LogP contribution in [-0.2, 0) is 19.1 Å². The van der Waals surface area contributed by atoms with Crippen molar-refractivity contribution in [3.63, 3.8) is 0 Å². The smallest absolute Gasteiger partial charge is 0.310 e. The summed E-state index contributed by atoms with van der Waals surface area (Å²) in [4.78, 5) is 44.9. The number of ether oxygens (including phenoxy) is 1. The number of rotatable bonds is 12. The Morgan fingerprint density at radius 1 is 1.27 bits per heavy atom. The zero-order valence-corrected chi connectivity index (χ0v) is 22.8. The molecule has 1 aromatic carbocycles. The summed E-state index contributed by atoms with van der Waals surface area (Å²) in [5.41, 5.74) is 0.659. The number of nitrogens with zero attached hydrogens (tertiary/aromatic N) is 2. The summed E-state index contributed by atoms with van der Waals surface area (Å²) < 4.78 is 4.87. The first-order valence-corrected chi connectivity index (χ1v) is 14.1. The van der Waals surface area contributed by atoms with Crippen molar-refractivity contribution in [1.29, 1.82) is 0 Å². The van der Waals surface area contributed by atoms with E-state index in [1.54, 1.807) is 58.0 Å². The molecule has 0 radical (unpaired) electrons. The van der Waals surface area contributed by atoms with Gasteiger partial charge in [-0.15, -0.1) is 24.9 Å². The molecule has 9 heteroatoms. The molecule has 2 amide bonds. The van der Waals surface area contributed by atoms with E-state index in [0.717, 1.165) is 12.8 Å². The lowest BCUT2D eigenvalue weighted by Crippen LogP contribution is -2.57. The van der Waals surface area contributed by atoms with Gasteiger partial charge in [0, 0.05) is 35.7 Å². The van der Waals surface area contributed by atoms with Gasteiger partial charge in [0.05, 0.1) is 23.2 Å². The minimum Gasteiger partial charge on any atom is -0.465 e. The van der Waals surface area contributed by atoms with Crippen molar-refractivity contribution in [2.45, 2.75) is 48.6 Å². The van der Waals surface area contributed by atoms with Gasteiger partial charge < -0.3 is 19.6 Å². The van der Waals surface area contributed by atoms with Gasteiger partial charge in [-0.25, -0.2) is 0 Å². The van der Waals surface area contributed by atoms with Gasteiger partial charge in [0.2, 0.25) is 5.91 Å². The van der Waals surface area contributed by atoms with Crippen LogP contribution < -0.4 is 4.90 Å². The van der Waals surface area contributed by atoms with Gasteiger partial charge in [-0.1, -0.05) is 30.7 Å². The van der Waals surface area contributed by atoms with Crippen LogP contribution in [0, 0.1) is 17.8 Å². The number of aliphatic hydroxyl groups is 1. The van der Waals surface area contributed by atoms with Crippen molar-refractivity contribution in [3.8, 4) is 0 Å². The number of hydrogen-bond donors (Lipinski definition) is 1. The number of fused-ring (bicyclic) bond motifs is 1. The molecule has 1 aromatic rings. The fourth-order valence-corrected chi connectivity index (χ4v) is 8.80. The Hall–Kier alpha value is -2.29. The summed E-state index contributed by atoms with van der Waals surface area (Å²) >= 11 is 7.70. The van der Waals surface area contributed by atoms with Gasteiger partial charge in [-0.2, -0.15) is 0 Å². The molecule has 3 unspecified atom stereocenters. The highest BCUT2D eigenvalue weighted by Crippen LogP contribution is 2.68. The number of unbranched alkanes of at least 4 members (excludes halogenated alkanes) is 1. The molecular formula is C28H35ClN2O5S. The zero-order chi connectivity index (χ0) is 26.7. The maximum Gasteiger partial charge on any atom is 0.310 e. The van der Waals surface area contributed by atoms with E-state index in [2.05, 4.69) is 20.1 Å². The lowest BCUT2D eigenvalue weighted by Gasteiger charge is -2.40. The summed E-state index contributed by atoms with van der Waals surface area (Å²) in [5, 5.41) is 10.0. The number of halogens is 1. The van der Waals surface area contributed by atoms with Crippen LogP contribution >= 0.6 is 23.4 Å². The molecule has 3 heterocycles. The second kappa shape index (κ2) is 11.6. The lowest BCUT2D eigenvalue weighted by atomic mass is 9.66. The summed E-state index contributed by atoms with van der Waals surface area (Å²) in [5.74, 6) is -1.95. The highest BCUT2D eigenvalue weighted by Gasteiger charge is 2.76. The SMILES string of the molecule is C=CCCCOC(=O)[C@@H]1[C@H]2C(=O)N(CCCO)C(C(=O)N(CC=C)c3ccc(Cl)cc3)C23S[C@@H]1CC3C. The Bertz CT molecular complexity index is 1050. The highest BCUT2D eigenvalue weighted by molar-refractivity contribution is 8.02. The Morgan fingerprint density at radius 3 is 2.65 bits per heavy atom. The maximum atomic E-state index is 14.4. The van der Waals surface area contributed by atoms with Crippen LogP contribution in [0.2, 0.25) is 5.02 Å². The van der Waals surface area contributed by atoms with E-state index in [-0.39, 0.29) is 55.3 Å². The summed E-state index contributed by atoms with van der Waals surface area (Å²) in [7, 11) is 0. The lowest BCUT2D eigenvalue weighted by molar-refractivity contribution is -0.154. The molecule has 0 saturated carbocycles. The molecule has 1 spiro atoms. The molecule has 4 rings (SSSR count). The molecule has 200 valence electrons. The van der Waals surface area contributed by atoms with Gasteiger partial charge in [0.15, 0.2) is 0 Å². The molecule has 3 saturated heterocycles. The summed E-state index contributed by atoms with van der Waals surface area (Å²) in [6.45, 7) is 10.3. The number of esters is 1. The number of allylic oxidation sites excluding steroid dienone is 1. The molecular weight excluding hydrogens is 512 g/mol. The molecule has 3 fully saturated rings. The number of amides is 2. The van der Waals surface area contributed by atoms with Crippen molar-refractivity contribution < 1.29 is 24.2 Å². The molecule has 3 aliphatic heterocycles. The van der Waals surface area contributed by atoms with Crippen molar-refractivity contribution in [3.05, 3.63) is 54.6 Å². The second-order valence-electron chi connectivity index (χ2n) is 9.97. The molecule has 0 aliphatic carbocycles. The van der Waals surface area contributed by atoms with E-state index in [1.807, 2.05) is 0 Å². The van der Waals surface area contributed by atoms with E-state index in [4.69, 9.17) is 16.3 Å².